The molecule has 2 aromatic rings. The molecule has 1 aliphatic heterocycles. The summed E-state index contributed by atoms with van der Waals surface area (Å²) in [5.41, 5.74) is 5.18. The summed E-state index contributed by atoms with van der Waals surface area (Å²) in [5.74, 6) is 1.13. The highest BCUT2D eigenvalue weighted by molar-refractivity contribution is 5.74. The zero-order valence-corrected chi connectivity index (χ0v) is 15.0. The second kappa shape index (κ2) is 5.97. The molecule has 2 fully saturated rings. The molecule has 1 saturated carbocycles. The van der Waals surface area contributed by atoms with E-state index in [1.165, 1.54) is 6.20 Å². The Morgan fingerprint density at radius 3 is 2.56 bits per heavy atom. The number of amides is 1. The Morgan fingerprint density at radius 2 is 2.00 bits per heavy atom. The van der Waals surface area contributed by atoms with Crippen LogP contribution in [-0.4, -0.2) is 38.4 Å². The summed E-state index contributed by atoms with van der Waals surface area (Å²) in [5, 5.41) is 0. The minimum Gasteiger partial charge on any atom is -0.383 e. The van der Waals surface area contributed by atoms with Gasteiger partial charge in [0.25, 0.3) is 0 Å². The normalized spacial score (nSPS) is 24.2. The summed E-state index contributed by atoms with van der Waals surface area (Å²) in [6.07, 6.45) is -0.775. The number of alkyl halides is 3. The van der Waals surface area contributed by atoms with Gasteiger partial charge < -0.3 is 15.2 Å². The predicted octanol–water partition coefficient (Wildman–Crippen LogP) is 2.76. The summed E-state index contributed by atoms with van der Waals surface area (Å²) in [7, 11) is 0. The summed E-state index contributed by atoms with van der Waals surface area (Å²) in [4.78, 5) is 21.6. The van der Waals surface area contributed by atoms with Crippen LogP contribution in [0.1, 0.15) is 31.3 Å². The molecule has 0 bridgehead atoms. The first-order valence-corrected chi connectivity index (χ1v) is 8.87. The Hall–Kier alpha value is -2.58. The van der Waals surface area contributed by atoms with Crippen molar-refractivity contribution in [2.24, 2.45) is 11.8 Å². The summed E-state index contributed by atoms with van der Waals surface area (Å²) < 4.78 is 41.4. The van der Waals surface area contributed by atoms with Crippen molar-refractivity contribution in [2.75, 3.05) is 18.8 Å². The fraction of sp³-hybridized carbons (Fsp3) is 0.500. The first kappa shape index (κ1) is 17.8. The molecule has 2 aliphatic rings. The number of aryl methyl sites for hydroxylation is 1. The predicted molar refractivity (Wildman–Crippen MR) is 92.5 cm³/mol. The lowest BCUT2D eigenvalue weighted by Gasteiger charge is -2.18. The maximum absolute atomic E-state index is 13.1. The van der Waals surface area contributed by atoms with Crippen LogP contribution in [0.25, 0.3) is 11.3 Å². The van der Waals surface area contributed by atoms with Gasteiger partial charge in [0.2, 0.25) is 5.91 Å². The van der Waals surface area contributed by atoms with Crippen LogP contribution in [0.5, 0.6) is 0 Å². The number of rotatable bonds is 3. The van der Waals surface area contributed by atoms with Crippen LogP contribution in [0, 0.1) is 11.8 Å². The first-order valence-electron chi connectivity index (χ1n) is 8.87. The van der Waals surface area contributed by atoms with E-state index in [4.69, 9.17) is 5.73 Å². The number of hydrogen-bond acceptors (Lipinski definition) is 4. The van der Waals surface area contributed by atoms with Gasteiger partial charge in [-0.25, -0.2) is 9.97 Å². The number of fused-ring (bicyclic) bond motifs is 1. The van der Waals surface area contributed by atoms with Crippen molar-refractivity contribution >= 4 is 11.7 Å². The van der Waals surface area contributed by atoms with Crippen molar-refractivity contribution in [1.82, 2.24) is 19.4 Å². The van der Waals surface area contributed by atoms with E-state index in [1.54, 1.807) is 13.1 Å². The molecule has 9 heteroatoms. The fourth-order valence-corrected chi connectivity index (χ4v) is 4.10. The quantitative estimate of drug-likeness (QED) is 0.890. The minimum atomic E-state index is -4.56. The average molecular weight is 379 g/mol. The number of nitrogens with zero attached hydrogens (tertiary/aromatic N) is 4. The number of imidazole rings is 1. The minimum absolute atomic E-state index is 0.0793. The van der Waals surface area contributed by atoms with E-state index in [0.29, 0.717) is 29.5 Å². The second-order valence-electron chi connectivity index (χ2n) is 7.20. The van der Waals surface area contributed by atoms with Crippen LogP contribution in [0.3, 0.4) is 0 Å². The number of aromatic nitrogens is 3. The molecule has 2 aromatic heterocycles. The average Bonchev–Trinajstić information content (AvgIpc) is 2.98. The molecule has 1 amide bonds. The topological polar surface area (TPSA) is 77.0 Å². The number of nitrogens with two attached hydrogens (primary N) is 1. The second-order valence-corrected chi connectivity index (χ2v) is 7.20. The highest BCUT2D eigenvalue weighted by Gasteiger charge is 2.57. The number of pyridine rings is 1. The Morgan fingerprint density at radius 1 is 1.33 bits per heavy atom. The van der Waals surface area contributed by atoms with E-state index in [1.807, 2.05) is 11.8 Å². The number of halogens is 3. The molecular weight excluding hydrogens is 359 g/mol. The monoisotopic (exact) mass is 379 g/mol. The van der Waals surface area contributed by atoms with E-state index in [-0.39, 0.29) is 11.9 Å². The van der Waals surface area contributed by atoms with Crippen molar-refractivity contribution in [3.8, 4) is 11.3 Å². The van der Waals surface area contributed by atoms with Gasteiger partial charge >= 0.3 is 6.18 Å². The number of piperidine rings is 1. The lowest BCUT2D eigenvalue weighted by Crippen LogP contribution is -2.29. The molecule has 6 nitrogen and oxygen atoms in total. The third kappa shape index (κ3) is 2.94. The zero-order chi connectivity index (χ0) is 19.5. The number of carbonyl (C=O) groups is 1. The third-order valence-electron chi connectivity index (χ3n) is 5.56. The van der Waals surface area contributed by atoms with E-state index in [0.717, 1.165) is 25.0 Å². The number of likely N-dealkylation sites (tertiary alicyclic amines) is 1. The van der Waals surface area contributed by atoms with Crippen molar-refractivity contribution < 1.29 is 18.0 Å². The Kier molecular flexibility index (Phi) is 3.94. The largest absolute Gasteiger partial charge is 0.419 e. The molecule has 0 spiro atoms. The summed E-state index contributed by atoms with van der Waals surface area (Å²) in [6.45, 7) is 4.98. The van der Waals surface area contributed by atoms with Gasteiger partial charge in [-0.15, -0.1) is 0 Å². The molecule has 1 unspecified atom stereocenters. The van der Waals surface area contributed by atoms with Gasteiger partial charge in [-0.05, 0) is 6.07 Å². The van der Waals surface area contributed by atoms with Crippen molar-refractivity contribution in [1.29, 1.82) is 0 Å². The van der Waals surface area contributed by atoms with Gasteiger partial charge in [0, 0.05) is 62.3 Å². The van der Waals surface area contributed by atoms with E-state index < -0.39 is 17.6 Å². The Labute approximate surface area is 154 Å². The zero-order valence-electron chi connectivity index (χ0n) is 15.0. The molecule has 144 valence electrons. The summed E-state index contributed by atoms with van der Waals surface area (Å²) in [6, 6.07) is 1.25. The van der Waals surface area contributed by atoms with Gasteiger partial charge in [0.15, 0.2) is 0 Å². The smallest absolute Gasteiger partial charge is 0.383 e. The highest BCUT2D eigenvalue weighted by atomic mass is 19.4. The van der Waals surface area contributed by atoms with E-state index in [2.05, 4.69) is 14.5 Å². The van der Waals surface area contributed by atoms with Gasteiger partial charge in [-0.3, -0.25) is 4.79 Å². The van der Waals surface area contributed by atoms with E-state index in [9.17, 15) is 18.0 Å². The lowest BCUT2D eigenvalue weighted by molar-refractivity contribution is -0.137. The van der Waals surface area contributed by atoms with Gasteiger partial charge in [-0.1, -0.05) is 6.92 Å². The Balaban J connectivity index is 1.63. The van der Waals surface area contributed by atoms with Gasteiger partial charge in [0.1, 0.15) is 11.6 Å². The molecule has 3 atom stereocenters. The van der Waals surface area contributed by atoms with Crippen LogP contribution >= 0.6 is 0 Å². The van der Waals surface area contributed by atoms with Crippen LogP contribution in [-0.2, 0) is 17.4 Å². The van der Waals surface area contributed by atoms with Gasteiger partial charge in [0.05, 0.1) is 11.3 Å². The first-order chi connectivity index (χ1) is 12.7. The number of nitrogen functional groups attached to an aromatic ring is 1. The maximum Gasteiger partial charge on any atom is 0.419 e. The molecular formula is C18H20F3N5O. The van der Waals surface area contributed by atoms with Gasteiger partial charge in [-0.2, -0.15) is 13.2 Å². The SMILES string of the molecule is CCc1nc(-c2cnc(N)c(C(F)(F)F)c2)cn1C1[C@H]2CN(C(C)=O)C[C@@H]12. The van der Waals surface area contributed by atoms with Crippen molar-refractivity contribution in [3.63, 3.8) is 0 Å². The van der Waals surface area contributed by atoms with Crippen LogP contribution in [0.2, 0.25) is 0 Å². The number of carbonyl (C=O) groups excluding carboxylic acids is 1. The highest BCUT2D eigenvalue weighted by Crippen LogP contribution is 2.56. The molecule has 1 aliphatic carbocycles. The molecule has 0 aromatic carbocycles. The number of anilines is 1. The molecule has 27 heavy (non-hydrogen) atoms. The molecule has 2 N–H and O–H groups in total. The van der Waals surface area contributed by atoms with Crippen LogP contribution in [0.4, 0.5) is 19.0 Å². The van der Waals surface area contributed by atoms with Crippen molar-refractivity contribution in [2.45, 2.75) is 32.5 Å². The lowest BCUT2D eigenvalue weighted by atomic mass is 10.1. The van der Waals surface area contributed by atoms with Crippen LogP contribution < -0.4 is 5.73 Å². The third-order valence-corrected chi connectivity index (χ3v) is 5.56. The maximum atomic E-state index is 13.1. The summed E-state index contributed by atoms with van der Waals surface area (Å²) >= 11 is 0. The molecule has 3 heterocycles. The number of hydrogen-bond donors (Lipinski definition) is 1. The fourth-order valence-electron chi connectivity index (χ4n) is 4.10. The van der Waals surface area contributed by atoms with Crippen LogP contribution in [0.15, 0.2) is 18.5 Å². The molecule has 1 saturated heterocycles. The Bertz CT molecular complexity index is 895. The van der Waals surface area contributed by atoms with E-state index >= 15 is 0 Å². The molecule has 4 rings (SSSR count). The standard InChI is InChI=1S/C18H20F3N5O/c1-3-15-24-14(10-4-13(18(19,20)21)17(22)23-5-10)8-26(15)16-11-6-25(9(2)27)7-12(11)16/h4-5,8,11-12,16H,3,6-7H2,1-2H3,(H2,22,23)/t11-,12+,16?. The molecule has 0 radical (unpaired) electrons. The van der Waals surface area contributed by atoms with Crippen molar-refractivity contribution in [3.05, 3.63) is 29.8 Å².